The number of anilines is 2. The monoisotopic (exact) mass is 799 g/mol. The van der Waals surface area contributed by atoms with Crippen molar-refractivity contribution in [1.29, 1.82) is 0 Å². The van der Waals surface area contributed by atoms with Crippen molar-refractivity contribution in [2.45, 2.75) is 87.5 Å². The first-order valence-electron chi connectivity index (χ1n) is 20.7. The summed E-state index contributed by atoms with van der Waals surface area (Å²) in [6.07, 6.45) is 11.9. The van der Waals surface area contributed by atoms with Crippen molar-refractivity contribution in [3.63, 3.8) is 0 Å². The number of likely N-dealkylation sites (tertiary alicyclic amines) is 2. The smallest absolute Gasteiger partial charge is 0.240 e. The highest BCUT2D eigenvalue weighted by Gasteiger charge is 2.39. The Morgan fingerprint density at radius 2 is 1.70 bits per heavy atom. The van der Waals surface area contributed by atoms with Crippen LogP contribution in [0.2, 0.25) is 5.02 Å². The fourth-order valence-corrected chi connectivity index (χ4v) is 9.44. The molecule has 2 amide bonds. The normalized spacial score (nSPS) is 21.8. The summed E-state index contributed by atoms with van der Waals surface area (Å²) in [5.74, 6) is 0.639. The molecule has 57 heavy (non-hydrogen) atoms. The van der Waals surface area contributed by atoms with Gasteiger partial charge in [-0.2, -0.15) is 0 Å². The van der Waals surface area contributed by atoms with Gasteiger partial charge in [-0.3, -0.25) is 9.59 Å². The lowest BCUT2D eigenvalue weighted by molar-refractivity contribution is -0.128. The molecule has 14 heteroatoms. The average molecular weight is 800 g/mol. The molecule has 2 aromatic carbocycles. The van der Waals surface area contributed by atoms with Crippen LogP contribution in [0, 0.1) is 5.82 Å². The molecule has 2 atom stereocenters. The number of rotatable bonds is 12. The van der Waals surface area contributed by atoms with Gasteiger partial charge in [0, 0.05) is 76.0 Å². The van der Waals surface area contributed by atoms with E-state index in [2.05, 4.69) is 35.0 Å². The Labute approximate surface area is 339 Å². The number of aromatic nitrogens is 3. The van der Waals surface area contributed by atoms with E-state index in [1.54, 1.807) is 11.2 Å². The van der Waals surface area contributed by atoms with Gasteiger partial charge in [-0.15, -0.1) is 0 Å². The number of nitrogens with one attached hydrogen (secondary N) is 2. The largest absolute Gasteiger partial charge is 0.375 e. The molecule has 0 radical (unpaired) electrons. The summed E-state index contributed by atoms with van der Waals surface area (Å²) in [6, 6.07) is 15.2. The van der Waals surface area contributed by atoms with Crippen LogP contribution in [0.5, 0.6) is 0 Å². The molecule has 12 nitrogen and oxygen atoms in total. The van der Waals surface area contributed by atoms with Crippen molar-refractivity contribution >= 4 is 46.5 Å². The van der Waals surface area contributed by atoms with Gasteiger partial charge >= 0.3 is 0 Å². The Hall–Kier alpha value is -4.30. The maximum atomic E-state index is 15.8. The van der Waals surface area contributed by atoms with Crippen LogP contribution in [0.3, 0.4) is 0 Å². The molecular formula is C43H55ClFN9O3. The molecule has 4 aliphatic heterocycles. The van der Waals surface area contributed by atoms with Crippen LogP contribution in [-0.2, 0) is 14.3 Å². The van der Waals surface area contributed by atoms with Crippen LogP contribution in [0.15, 0.2) is 61.1 Å². The van der Waals surface area contributed by atoms with Crippen LogP contribution in [0.4, 0.5) is 15.9 Å². The molecular weight excluding hydrogens is 745 g/mol. The standard InChI is InChI=1S/C43H55ClFN9O3/c44-32-8-6-30(7-9-32)37(50-42(56)43(46)16-25-54(26-17-43)41-36-10-18-47-40(36)48-28-49-41)15-22-51-20-11-33(12-21-51)57-34-13-23-53(24-14-34)38-5-1-4-35(39(38)45)31-3-2-19-52(27-31)29-55/h1,4-10,18,28-29,31,33-34,37H,2-3,11-17,19-27,46H2,(H,50,56)(H,47,48,49). The lowest BCUT2D eigenvalue weighted by Gasteiger charge is -2.40. The molecule has 6 heterocycles. The van der Waals surface area contributed by atoms with Gasteiger partial charge in [-0.1, -0.05) is 35.9 Å². The number of hydrogen-bond acceptors (Lipinski definition) is 9. The Morgan fingerprint density at radius 3 is 2.44 bits per heavy atom. The predicted octanol–water partition coefficient (Wildman–Crippen LogP) is 5.78. The number of fused-ring (bicyclic) bond motifs is 1. The van der Waals surface area contributed by atoms with E-state index in [9.17, 15) is 9.59 Å². The molecule has 8 rings (SSSR count). The molecule has 0 spiro atoms. The first-order valence-corrected chi connectivity index (χ1v) is 21.1. The van der Waals surface area contributed by atoms with Gasteiger partial charge < -0.3 is 40.4 Å². The number of nitrogens with two attached hydrogens (primary N) is 1. The van der Waals surface area contributed by atoms with E-state index >= 15 is 4.39 Å². The third-order valence-corrected chi connectivity index (χ3v) is 13.1. The van der Waals surface area contributed by atoms with Gasteiger partial charge in [-0.25, -0.2) is 14.4 Å². The van der Waals surface area contributed by atoms with Gasteiger partial charge in [0.25, 0.3) is 0 Å². The minimum Gasteiger partial charge on any atom is -0.375 e. The topological polar surface area (TPSA) is 136 Å². The summed E-state index contributed by atoms with van der Waals surface area (Å²) in [4.78, 5) is 45.8. The van der Waals surface area contributed by atoms with Crippen LogP contribution in [0.25, 0.3) is 11.0 Å². The number of nitrogens with zero attached hydrogens (tertiary/aromatic N) is 6. The van der Waals surface area contributed by atoms with Gasteiger partial charge in [0.05, 0.1) is 34.9 Å². The van der Waals surface area contributed by atoms with Crippen LogP contribution in [0.1, 0.15) is 80.9 Å². The van der Waals surface area contributed by atoms with E-state index in [-0.39, 0.29) is 35.9 Å². The molecule has 2 aromatic heterocycles. The first kappa shape index (κ1) is 39.5. The number of H-pyrrole nitrogens is 1. The highest BCUT2D eigenvalue weighted by atomic mass is 35.5. The second-order valence-electron chi connectivity index (χ2n) is 16.4. The molecule has 4 N–H and O–H groups in total. The Morgan fingerprint density at radius 1 is 0.965 bits per heavy atom. The summed E-state index contributed by atoms with van der Waals surface area (Å²) in [5, 5.41) is 4.96. The van der Waals surface area contributed by atoms with Crippen molar-refractivity contribution in [2.75, 3.05) is 68.7 Å². The molecule has 4 aromatic rings. The maximum Gasteiger partial charge on any atom is 0.240 e. The van der Waals surface area contributed by atoms with Crippen molar-refractivity contribution in [1.82, 2.24) is 30.1 Å². The SMILES string of the molecule is NC1(C(=O)NC(CCN2CCC(OC3CCN(c4cccc(C5CCCN(C=O)C5)c4F)CC3)CC2)c2ccc(Cl)cc2)CCN(c2ncnc3[nH]ccc23)CC1. The summed E-state index contributed by atoms with van der Waals surface area (Å²) in [5.41, 5.74) is 9.07. The molecule has 0 saturated carbocycles. The number of carbonyl (C=O) groups is 2. The van der Waals surface area contributed by atoms with E-state index in [0.717, 1.165) is 119 Å². The third-order valence-electron chi connectivity index (χ3n) is 12.8. The molecule has 304 valence electrons. The Kier molecular flexibility index (Phi) is 12.3. The van der Waals surface area contributed by atoms with Gasteiger partial charge in [0.15, 0.2) is 0 Å². The number of piperidine rings is 4. The number of ether oxygens (including phenoxy) is 1. The lowest BCUT2D eigenvalue weighted by atomic mass is 9.86. The van der Waals surface area contributed by atoms with Crippen molar-refractivity contribution < 1.29 is 18.7 Å². The van der Waals surface area contributed by atoms with Crippen molar-refractivity contribution in [3.8, 4) is 0 Å². The molecule has 0 bridgehead atoms. The number of benzene rings is 2. The Balaban J connectivity index is 0.804. The zero-order valence-corrected chi connectivity index (χ0v) is 33.4. The molecule has 4 fully saturated rings. The highest BCUT2D eigenvalue weighted by molar-refractivity contribution is 6.30. The third kappa shape index (κ3) is 9.06. The number of hydrogen-bond donors (Lipinski definition) is 3. The van der Waals surface area contributed by atoms with E-state index in [1.165, 1.54) is 0 Å². The van der Waals surface area contributed by atoms with Gasteiger partial charge in [0.1, 0.15) is 23.6 Å². The maximum absolute atomic E-state index is 15.8. The zero-order valence-electron chi connectivity index (χ0n) is 32.6. The van der Waals surface area contributed by atoms with Gasteiger partial charge in [-0.05, 0) is 93.2 Å². The summed E-state index contributed by atoms with van der Waals surface area (Å²) in [7, 11) is 0. The van der Waals surface area contributed by atoms with E-state index in [1.807, 2.05) is 54.7 Å². The molecule has 2 unspecified atom stereocenters. The molecule has 4 saturated heterocycles. The van der Waals surface area contributed by atoms with E-state index in [0.29, 0.717) is 43.2 Å². The average Bonchev–Trinajstić information content (AvgIpc) is 3.74. The molecule has 0 aliphatic carbocycles. The lowest BCUT2D eigenvalue weighted by Crippen LogP contribution is -2.60. The Bertz CT molecular complexity index is 1970. The fourth-order valence-electron chi connectivity index (χ4n) is 9.31. The molecule has 4 aliphatic rings. The number of halogens is 2. The summed E-state index contributed by atoms with van der Waals surface area (Å²) in [6.45, 7) is 6.79. The van der Waals surface area contributed by atoms with Crippen LogP contribution in [-0.4, -0.2) is 114 Å². The second-order valence-corrected chi connectivity index (χ2v) is 16.9. The number of amides is 2. The highest BCUT2D eigenvalue weighted by Crippen LogP contribution is 2.35. The fraction of sp³-hybridized carbons (Fsp3) is 0.535. The summed E-state index contributed by atoms with van der Waals surface area (Å²) < 4.78 is 22.5. The number of carbonyl (C=O) groups excluding carboxylic acids is 2. The summed E-state index contributed by atoms with van der Waals surface area (Å²) >= 11 is 6.25. The predicted molar refractivity (Wildman–Crippen MR) is 221 cm³/mol. The van der Waals surface area contributed by atoms with Crippen LogP contribution >= 0.6 is 11.6 Å². The first-order chi connectivity index (χ1) is 27.8. The zero-order chi connectivity index (χ0) is 39.4. The number of aromatic amines is 1. The van der Waals surface area contributed by atoms with Gasteiger partial charge in [0.2, 0.25) is 12.3 Å². The van der Waals surface area contributed by atoms with Crippen molar-refractivity contribution in [3.05, 3.63) is 83.0 Å². The minimum atomic E-state index is -0.981. The quantitative estimate of drug-likeness (QED) is 0.153. The van der Waals surface area contributed by atoms with Crippen molar-refractivity contribution in [2.24, 2.45) is 5.73 Å². The van der Waals surface area contributed by atoms with E-state index < -0.39 is 5.54 Å². The second kappa shape index (κ2) is 17.7. The minimum absolute atomic E-state index is 0.0401. The van der Waals surface area contributed by atoms with Crippen LogP contribution < -0.4 is 20.9 Å². The van der Waals surface area contributed by atoms with E-state index in [4.69, 9.17) is 22.1 Å².